The van der Waals surface area contributed by atoms with E-state index in [2.05, 4.69) is 5.32 Å². The molecule has 1 aliphatic heterocycles. The van der Waals surface area contributed by atoms with Gasteiger partial charge < -0.3 is 10.2 Å². The van der Waals surface area contributed by atoms with Gasteiger partial charge in [-0.1, -0.05) is 6.07 Å². The summed E-state index contributed by atoms with van der Waals surface area (Å²) in [5, 5.41) is 2.72. The van der Waals surface area contributed by atoms with E-state index in [0.29, 0.717) is 18.7 Å². The molecule has 102 valence electrons. The second-order valence-corrected chi connectivity index (χ2v) is 5.24. The number of nitrogens with zero attached hydrogens (tertiary/aromatic N) is 1. The molecular formula is C14H17FN2O2. The van der Waals surface area contributed by atoms with E-state index in [-0.39, 0.29) is 17.4 Å². The molecule has 0 atom stereocenters. The molecule has 0 bridgehead atoms. The Bertz CT molecular complexity index is 540. The third-order valence-electron chi connectivity index (χ3n) is 3.52. The van der Waals surface area contributed by atoms with Crippen LogP contribution >= 0.6 is 0 Å². The van der Waals surface area contributed by atoms with Gasteiger partial charge >= 0.3 is 0 Å². The maximum absolute atomic E-state index is 13.5. The van der Waals surface area contributed by atoms with Gasteiger partial charge in [-0.25, -0.2) is 4.39 Å². The Kier molecular flexibility index (Phi) is 3.30. The van der Waals surface area contributed by atoms with Gasteiger partial charge in [-0.15, -0.1) is 0 Å². The van der Waals surface area contributed by atoms with Crippen LogP contribution in [-0.4, -0.2) is 35.3 Å². The van der Waals surface area contributed by atoms with Crippen LogP contribution in [0, 0.1) is 12.7 Å². The zero-order valence-electron chi connectivity index (χ0n) is 11.3. The van der Waals surface area contributed by atoms with Crippen LogP contribution in [0.1, 0.15) is 29.8 Å². The average molecular weight is 264 g/mol. The third kappa shape index (κ3) is 2.32. The molecule has 4 nitrogen and oxygen atoms in total. The summed E-state index contributed by atoms with van der Waals surface area (Å²) in [6, 6.07) is 4.38. The topological polar surface area (TPSA) is 49.4 Å². The van der Waals surface area contributed by atoms with Gasteiger partial charge in [0.25, 0.3) is 5.91 Å². The maximum Gasteiger partial charge on any atom is 0.254 e. The first-order valence-corrected chi connectivity index (χ1v) is 6.20. The van der Waals surface area contributed by atoms with Gasteiger partial charge in [0.05, 0.1) is 0 Å². The fourth-order valence-corrected chi connectivity index (χ4v) is 2.14. The van der Waals surface area contributed by atoms with E-state index in [4.69, 9.17) is 0 Å². The fraction of sp³-hybridized carbons (Fsp3) is 0.429. The lowest BCUT2D eigenvalue weighted by Gasteiger charge is -2.41. The number of benzene rings is 1. The number of hydrogen-bond acceptors (Lipinski definition) is 2. The maximum atomic E-state index is 13.5. The van der Waals surface area contributed by atoms with E-state index in [1.54, 1.807) is 32.9 Å². The average Bonchev–Trinajstić information content (AvgIpc) is 2.35. The highest BCUT2D eigenvalue weighted by Crippen LogP contribution is 2.21. The number of piperazine rings is 1. The van der Waals surface area contributed by atoms with Gasteiger partial charge in [-0.2, -0.15) is 0 Å². The van der Waals surface area contributed by atoms with Gasteiger partial charge in [0.2, 0.25) is 5.91 Å². The van der Waals surface area contributed by atoms with Crippen LogP contribution < -0.4 is 5.32 Å². The zero-order chi connectivity index (χ0) is 14.2. The predicted molar refractivity (Wildman–Crippen MR) is 69.3 cm³/mol. The number of rotatable bonds is 1. The Morgan fingerprint density at radius 1 is 1.42 bits per heavy atom. The second-order valence-electron chi connectivity index (χ2n) is 5.24. The fourth-order valence-electron chi connectivity index (χ4n) is 2.14. The number of aryl methyl sites for hydroxylation is 1. The van der Waals surface area contributed by atoms with Gasteiger partial charge in [0, 0.05) is 18.7 Å². The standard InChI is InChI=1S/C14H17FN2O2/c1-9-4-5-10(8-11(9)15)12(18)17-7-6-16-13(19)14(17,2)3/h4-5,8H,6-7H2,1-3H3,(H,16,19). The van der Waals surface area contributed by atoms with Crippen LogP contribution in [0.4, 0.5) is 4.39 Å². The van der Waals surface area contributed by atoms with Crippen LogP contribution in [0.15, 0.2) is 18.2 Å². The lowest BCUT2D eigenvalue weighted by Crippen LogP contribution is -2.63. The molecule has 19 heavy (non-hydrogen) atoms. The number of hydrogen-bond donors (Lipinski definition) is 1. The Labute approximate surface area is 111 Å². The van der Waals surface area contributed by atoms with Gasteiger partial charge in [-0.05, 0) is 38.5 Å². The molecule has 0 saturated carbocycles. The minimum atomic E-state index is -0.920. The van der Waals surface area contributed by atoms with Crippen molar-refractivity contribution in [1.82, 2.24) is 10.2 Å². The molecule has 0 radical (unpaired) electrons. The van der Waals surface area contributed by atoms with E-state index in [1.165, 1.54) is 11.0 Å². The Hall–Kier alpha value is -1.91. The molecule has 1 N–H and O–H groups in total. The molecule has 1 aromatic rings. The molecular weight excluding hydrogens is 247 g/mol. The molecule has 0 unspecified atom stereocenters. The van der Waals surface area contributed by atoms with Crippen molar-refractivity contribution in [2.24, 2.45) is 0 Å². The van der Waals surface area contributed by atoms with E-state index < -0.39 is 11.4 Å². The first kappa shape index (κ1) is 13.5. The Morgan fingerprint density at radius 2 is 2.11 bits per heavy atom. The normalized spacial score (nSPS) is 18.1. The highest BCUT2D eigenvalue weighted by atomic mass is 19.1. The molecule has 0 aliphatic carbocycles. The quantitative estimate of drug-likeness (QED) is 0.835. The summed E-state index contributed by atoms with van der Waals surface area (Å²) in [5.74, 6) is -0.927. The Balaban J connectivity index is 2.32. The summed E-state index contributed by atoms with van der Waals surface area (Å²) in [6.07, 6.45) is 0. The zero-order valence-corrected chi connectivity index (χ0v) is 11.3. The lowest BCUT2D eigenvalue weighted by atomic mass is 9.97. The number of halogens is 1. The van der Waals surface area contributed by atoms with E-state index in [0.717, 1.165) is 0 Å². The number of carbonyl (C=O) groups is 2. The summed E-state index contributed by atoms with van der Waals surface area (Å²) in [6.45, 7) is 5.85. The smallest absolute Gasteiger partial charge is 0.254 e. The molecule has 1 aromatic carbocycles. The minimum absolute atomic E-state index is 0.195. The number of nitrogens with one attached hydrogen (secondary N) is 1. The predicted octanol–water partition coefficient (Wildman–Crippen LogP) is 1.48. The second kappa shape index (κ2) is 4.64. The van der Waals surface area contributed by atoms with E-state index in [1.807, 2.05) is 0 Å². The van der Waals surface area contributed by atoms with Crippen molar-refractivity contribution in [3.8, 4) is 0 Å². The third-order valence-corrected chi connectivity index (χ3v) is 3.52. The van der Waals surface area contributed by atoms with Crippen molar-refractivity contribution in [3.05, 3.63) is 35.1 Å². The minimum Gasteiger partial charge on any atom is -0.352 e. The monoisotopic (exact) mass is 264 g/mol. The number of amides is 2. The molecule has 0 aromatic heterocycles. The van der Waals surface area contributed by atoms with Crippen LogP contribution in [0.2, 0.25) is 0 Å². The van der Waals surface area contributed by atoms with Crippen LogP contribution in [0.25, 0.3) is 0 Å². The van der Waals surface area contributed by atoms with Crippen molar-refractivity contribution < 1.29 is 14.0 Å². The number of carbonyl (C=O) groups excluding carboxylic acids is 2. The Morgan fingerprint density at radius 3 is 2.74 bits per heavy atom. The van der Waals surface area contributed by atoms with Crippen LogP contribution in [-0.2, 0) is 4.79 Å². The van der Waals surface area contributed by atoms with Crippen LogP contribution in [0.3, 0.4) is 0 Å². The molecule has 0 spiro atoms. The largest absolute Gasteiger partial charge is 0.352 e. The van der Waals surface area contributed by atoms with Crippen molar-refractivity contribution >= 4 is 11.8 Å². The first-order valence-electron chi connectivity index (χ1n) is 6.20. The molecule has 5 heteroatoms. The van der Waals surface area contributed by atoms with Gasteiger partial charge in [0.15, 0.2) is 0 Å². The van der Waals surface area contributed by atoms with Crippen molar-refractivity contribution in [3.63, 3.8) is 0 Å². The molecule has 2 amide bonds. The highest BCUT2D eigenvalue weighted by Gasteiger charge is 2.40. The first-order chi connectivity index (χ1) is 8.84. The highest BCUT2D eigenvalue weighted by molar-refractivity contribution is 5.99. The lowest BCUT2D eigenvalue weighted by molar-refractivity contribution is -0.133. The molecule has 1 heterocycles. The summed E-state index contributed by atoms with van der Waals surface area (Å²) in [4.78, 5) is 25.7. The summed E-state index contributed by atoms with van der Waals surface area (Å²) < 4.78 is 13.5. The summed E-state index contributed by atoms with van der Waals surface area (Å²) in [5.41, 5.74) is -0.158. The SMILES string of the molecule is Cc1ccc(C(=O)N2CCNC(=O)C2(C)C)cc1F. The van der Waals surface area contributed by atoms with Crippen molar-refractivity contribution in [2.45, 2.75) is 26.3 Å². The van der Waals surface area contributed by atoms with Crippen LogP contribution in [0.5, 0.6) is 0 Å². The summed E-state index contributed by atoms with van der Waals surface area (Å²) >= 11 is 0. The molecule has 1 aliphatic rings. The van der Waals surface area contributed by atoms with Crippen molar-refractivity contribution in [1.29, 1.82) is 0 Å². The molecule has 1 saturated heterocycles. The summed E-state index contributed by atoms with van der Waals surface area (Å²) in [7, 11) is 0. The van der Waals surface area contributed by atoms with E-state index >= 15 is 0 Å². The van der Waals surface area contributed by atoms with Crippen molar-refractivity contribution in [2.75, 3.05) is 13.1 Å². The van der Waals surface area contributed by atoms with E-state index in [9.17, 15) is 14.0 Å². The van der Waals surface area contributed by atoms with Gasteiger partial charge in [-0.3, -0.25) is 9.59 Å². The molecule has 2 rings (SSSR count). The van der Waals surface area contributed by atoms with Gasteiger partial charge in [0.1, 0.15) is 11.4 Å². The molecule has 1 fully saturated rings.